The zero-order valence-electron chi connectivity index (χ0n) is 67.1. The monoisotopic (exact) mass is 1410 g/mol. The molecule has 588 valence electrons. The van der Waals surface area contributed by atoms with Crippen LogP contribution in [0.3, 0.4) is 0 Å². The highest BCUT2D eigenvalue weighted by Gasteiger charge is 2.54. The van der Waals surface area contributed by atoms with Crippen LogP contribution in [0.15, 0.2) is 0 Å². The molecule has 2 aliphatic heterocycles. The Balaban J connectivity index is 2.63. The van der Waals surface area contributed by atoms with Crippen LogP contribution in [-0.4, -0.2) is 126 Å². The van der Waals surface area contributed by atoms with E-state index in [9.17, 15) is 9.59 Å². The molecule has 4 unspecified atom stereocenters. The molecule has 0 N–H and O–H groups in total. The van der Waals surface area contributed by atoms with E-state index in [4.69, 9.17) is 52.1 Å². The molecule has 0 radical (unpaired) electrons. The van der Waals surface area contributed by atoms with Crippen molar-refractivity contribution in [2.75, 3.05) is 52.9 Å². The van der Waals surface area contributed by atoms with Crippen molar-refractivity contribution in [2.45, 2.75) is 477 Å². The largest absolute Gasteiger partial charge is 0.463 e. The molecule has 0 amide bonds. The molecule has 10 atom stereocenters. The maximum absolute atomic E-state index is 14.5. The fraction of sp³-hybridized carbons (Fsp3) is 0.977. The van der Waals surface area contributed by atoms with E-state index < -0.39 is 61.4 Å². The van der Waals surface area contributed by atoms with E-state index in [1.54, 1.807) is 0 Å². The molecule has 2 saturated heterocycles. The van der Waals surface area contributed by atoms with Crippen LogP contribution in [0, 0.1) is 11.8 Å². The summed E-state index contributed by atoms with van der Waals surface area (Å²) in [5, 5.41) is 0. The molecule has 0 bridgehead atoms. The van der Waals surface area contributed by atoms with Crippen molar-refractivity contribution in [2.24, 2.45) is 11.8 Å². The molecule has 2 heterocycles. The first kappa shape index (κ1) is 93.7. The summed E-state index contributed by atoms with van der Waals surface area (Å²) >= 11 is 0. The van der Waals surface area contributed by atoms with Crippen LogP contribution in [0.25, 0.3) is 0 Å². The van der Waals surface area contributed by atoms with Gasteiger partial charge in [-0.25, -0.2) is 0 Å². The van der Waals surface area contributed by atoms with Crippen LogP contribution in [0.4, 0.5) is 0 Å². The minimum absolute atomic E-state index is 0.0244. The van der Waals surface area contributed by atoms with Crippen LogP contribution in [0.2, 0.25) is 0 Å². The predicted molar refractivity (Wildman–Crippen MR) is 412 cm³/mol. The normalized spacial score (nSPS) is 21.2. The Morgan fingerprint density at radius 3 is 0.687 bits per heavy atom. The van der Waals surface area contributed by atoms with Gasteiger partial charge in [0.25, 0.3) is 0 Å². The number of carbonyl (C=O) groups is 2. The maximum atomic E-state index is 14.5. The second kappa shape index (κ2) is 68.4. The van der Waals surface area contributed by atoms with Crippen molar-refractivity contribution < 1.29 is 61.7 Å². The van der Waals surface area contributed by atoms with Gasteiger partial charge in [0.15, 0.2) is 12.6 Å². The van der Waals surface area contributed by atoms with Crippen molar-refractivity contribution in [3.63, 3.8) is 0 Å². The van der Waals surface area contributed by atoms with E-state index in [2.05, 4.69) is 69.2 Å². The van der Waals surface area contributed by atoms with Gasteiger partial charge in [-0.15, -0.1) is 0 Å². The summed E-state index contributed by atoms with van der Waals surface area (Å²) in [6.07, 6.45) is 54.2. The van der Waals surface area contributed by atoms with Crippen LogP contribution in [-0.2, 0) is 61.7 Å². The first-order valence-corrected chi connectivity index (χ1v) is 43.7. The first-order chi connectivity index (χ1) is 48.7. The molecule has 2 fully saturated rings. The first-order valence-electron chi connectivity index (χ1n) is 43.7. The Bertz CT molecular complexity index is 1560. The molecular formula is C86H166O13. The minimum Gasteiger partial charge on any atom is -0.463 e. The lowest BCUT2D eigenvalue weighted by Gasteiger charge is -2.49. The molecule has 0 aromatic rings. The Morgan fingerprint density at radius 2 is 0.455 bits per heavy atom. The molecule has 0 saturated carbocycles. The fourth-order valence-corrected chi connectivity index (χ4v) is 14.3. The van der Waals surface area contributed by atoms with Gasteiger partial charge >= 0.3 is 11.9 Å². The maximum Gasteiger partial charge on any atom is 0.306 e. The number of hydrogen-bond donors (Lipinski definition) is 0. The molecule has 2 rings (SSSR count). The van der Waals surface area contributed by atoms with Crippen LogP contribution < -0.4 is 0 Å². The summed E-state index contributed by atoms with van der Waals surface area (Å²) in [6, 6.07) is 0. The van der Waals surface area contributed by atoms with Gasteiger partial charge in [-0.05, 0) is 76.0 Å². The Labute approximate surface area is 612 Å². The van der Waals surface area contributed by atoms with Gasteiger partial charge in [0.1, 0.15) is 62.0 Å². The quantitative estimate of drug-likeness (QED) is 0.0423. The van der Waals surface area contributed by atoms with E-state index in [1.807, 2.05) is 0 Å². The average molecular weight is 1410 g/mol. The molecule has 0 aromatic carbocycles. The van der Waals surface area contributed by atoms with Crippen molar-refractivity contribution in [3.8, 4) is 0 Å². The van der Waals surface area contributed by atoms with Crippen molar-refractivity contribution in [1.82, 2.24) is 0 Å². The van der Waals surface area contributed by atoms with Crippen LogP contribution in [0.1, 0.15) is 416 Å². The van der Waals surface area contributed by atoms with Crippen LogP contribution in [0.5, 0.6) is 0 Å². The second-order valence-corrected chi connectivity index (χ2v) is 30.3. The number of esters is 2. The molecular weight excluding hydrogens is 1240 g/mol. The molecule has 13 nitrogen and oxygen atoms in total. The van der Waals surface area contributed by atoms with Gasteiger partial charge in [-0.3, -0.25) is 9.59 Å². The Morgan fingerprint density at radius 1 is 0.253 bits per heavy atom. The summed E-state index contributed by atoms with van der Waals surface area (Å²) < 4.78 is 76.5. The summed E-state index contributed by atoms with van der Waals surface area (Å²) in [5.74, 6) is 0.154. The van der Waals surface area contributed by atoms with Crippen molar-refractivity contribution >= 4 is 11.9 Å². The van der Waals surface area contributed by atoms with Gasteiger partial charge in [0, 0.05) is 52.5 Å². The third-order valence-electron chi connectivity index (χ3n) is 20.9. The van der Waals surface area contributed by atoms with Gasteiger partial charge in [-0.1, -0.05) is 339 Å². The summed E-state index contributed by atoms with van der Waals surface area (Å²) in [6.45, 7) is 25.0. The van der Waals surface area contributed by atoms with E-state index in [0.717, 1.165) is 128 Å². The smallest absolute Gasteiger partial charge is 0.306 e. The number of ether oxygens (including phenoxy) is 11. The van der Waals surface area contributed by atoms with E-state index in [0.29, 0.717) is 52.5 Å². The summed E-state index contributed by atoms with van der Waals surface area (Å²) in [4.78, 5) is 29.0. The third kappa shape index (κ3) is 47.7. The van der Waals surface area contributed by atoms with E-state index in [1.165, 1.54) is 205 Å². The van der Waals surface area contributed by atoms with Gasteiger partial charge in [-0.2, -0.15) is 0 Å². The average Bonchev–Trinajstić information content (AvgIpc) is 0.776. The second-order valence-electron chi connectivity index (χ2n) is 30.3. The summed E-state index contributed by atoms with van der Waals surface area (Å²) in [7, 11) is 0. The minimum atomic E-state index is -1.06. The fourth-order valence-electron chi connectivity index (χ4n) is 14.3. The van der Waals surface area contributed by atoms with Crippen molar-refractivity contribution in [3.05, 3.63) is 0 Å². The highest BCUT2D eigenvalue weighted by molar-refractivity contribution is 5.70. The third-order valence-corrected chi connectivity index (χ3v) is 20.9. The van der Waals surface area contributed by atoms with Crippen molar-refractivity contribution in [1.29, 1.82) is 0 Å². The highest BCUT2D eigenvalue weighted by atomic mass is 16.8. The predicted octanol–water partition coefficient (Wildman–Crippen LogP) is 24.3. The molecule has 0 aliphatic carbocycles. The molecule has 0 aromatic heterocycles. The molecule has 0 spiro atoms. The lowest BCUT2D eigenvalue weighted by atomic mass is 9.91. The Kier molecular flexibility index (Phi) is 64.7. The lowest BCUT2D eigenvalue weighted by Crippen LogP contribution is -2.66. The van der Waals surface area contributed by atoms with Crippen LogP contribution >= 0.6 is 0 Å². The SMILES string of the molecule is CCCCCCCCCCCC(CCCCCCCCCCC)CC(=O)OCC1O[C@H](O[C@H]2OC(COC(=O)CC(CCCCCCCCCCC)CCCCCCCCCCC)[C@@H](OCCCC)[C@H](OCCCC)C2OCCCC)C(OCCCC)[C@@H](OCCCC)[C@@H]1OCCCC. The highest BCUT2D eigenvalue weighted by Crippen LogP contribution is 2.37. The van der Waals surface area contributed by atoms with E-state index >= 15 is 0 Å². The standard InChI is InChI=1S/C86H166O13/c1-11-21-31-35-39-43-47-51-55-59-73(60-56-52-48-44-40-36-32-22-12-2)69-77(87)95-71-75-79(89-63-25-15-5)81(91-65-27-17-7)83(93-67-29-19-9)85(97-75)99-86-84(94-68-30-20-10)82(92-66-28-18-8)80(90-64-26-16-6)76(98-86)72-96-78(88)70-74(61-57-53-49-45-41-37-33-23-13-3)62-58-54-50-46-42-38-34-24-14-4/h73-76,79-86H,11-72H2,1-10H3/t75?,76?,79-,80-,81+,82+,83?,84?,85-,86-/m1/s1. The van der Waals surface area contributed by atoms with Gasteiger partial charge in [0.2, 0.25) is 0 Å². The Hall–Kier alpha value is -1.42. The van der Waals surface area contributed by atoms with Gasteiger partial charge in [0.05, 0.1) is 0 Å². The number of hydrogen-bond acceptors (Lipinski definition) is 13. The van der Waals surface area contributed by atoms with Gasteiger partial charge < -0.3 is 52.1 Å². The number of rotatable bonds is 74. The summed E-state index contributed by atoms with van der Waals surface area (Å²) in [5.41, 5.74) is 0. The topological polar surface area (TPSA) is 136 Å². The zero-order valence-corrected chi connectivity index (χ0v) is 67.1. The zero-order chi connectivity index (χ0) is 71.7. The van der Waals surface area contributed by atoms with E-state index in [-0.39, 0.29) is 37.0 Å². The number of carbonyl (C=O) groups excluding carboxylic acids is 2. The number of unbranched alkanes of at least 4 members (excludes halogenated alkanes) is 38. The molecule has 2 aliphatic rings. The lowest BCUT2D eigenvalue weighted by molar-refractivity contribution is -0.390. The molecule has 13 heteroatoms. The molecule has 99 heavy (non-hydrogen) atoms.